The summed E-state index contributed by atoms with van der Waals surface area (Å²) in [5.41, 5.74) is 0.669. The number of nitrogens with one attached hydrogen (secondary N) is 1. The van der Waals surface area contributed by atoms with E-state index in [4.69, 9.17) is 23.7 Å². The summed E-state index contributed by atoms with van der Waals surface area (Å²) >= 11 is 0. The van der Waals surface area contributed by atoms with Crippen LogP contribution in [0.25, 0.3) is 6.08 Å². The summed E-state index contributed by atoms with van der Waals surface area (Å²) < 4.78 is 26.7. The van der Waals surface area contributed by atoms with Crippen molar-refractivity contribution in [3.63, 3.8) is 0 Å². The molecule has 0 atom stereocenters. The minimum Gasteiger partial charge on any atom is -0.493 e. The van der Waals surface area contributed by atoms with Crippen molar-refractivity contribution in [2.75, 3.05) is 35.0 Å². The van der Waals surface area contributed by atoms with Gasteiger partial charge in [-0.1, -0.05) is 19.4 Å². The van der Waals surface area contributed by atoms with Crippen LogP contribution in [-0.2, 0) is 4.79 Å². The fraction of sp³-hybridized carbons (Fsp3) is 0.320. The molecule has 0 heterocycles. The molecule has 0 fully saturated rings. The van der Waals surface area contributed by atoms with Crippen molar-refractivity contribution in [3.05, 3.63) is 47.0 Å². The Hall–Kier alpha value is -4.19. The number of esters is 1. The summed E-state index contributed by atoms with van der Waals surface area (Å²) in [6.45, 7) is 2.50. The zero-order valence-corrected chi connectivity index (χ0v) is 19.9. The summed E-state index contributed by atoms with van der Waals surface area (Å²) in [4.78, 5) is 25.0. The average molecular weight is 469 g/mol. The minimum absolute atomic E-state index is 0.0414. The van der Waals surface area contributed by atoms with E-state index in [0.717, 1.165) is 12.8 Å². The molecule has 0 radical (unpaired) electrons. The molecular formula is C25H28N2O7. The van der Waals surface area contributed by atoms with Crippen LogP contribution >= 0.6 is 0 Å². The van der Waals surface area contributed by atoms with Gasteiger partial charge in [0.05, 0.1) is 34.0 Å². The number of amides is 1. The Morgan fingerprint density at radius 2 is 1.59 bits per heavy atom. The first kappa shape index (κ1) is 26.1. The molecule has 9 heteroatoms. The Morgan fingerprint density at radius 1 is 0.941 bits per heavy atom. The highest BCUT2D eigenvalue weighted by Gasteiger charge is 2.20. The molecule has 2 rings (SSSR count). The lowest BCUT2D eigenvalue weighted by Gasteiger charge is -2.14. The molecule has 0 aliphatic carbocycles. The highest BCUT2D eigenvalue weighted by Crippen LogP contribution is 2.39. The number of rotatable bonds is 11. The Bertz CT molecular complexity index is 1080. The Morgan fingerprint density at radius 3 is 2.12 bits per heavy atom. The number of unbranched alkanes of at least 4 members (excludes halogenated alkanes) is 1. The smallest absolute Gasteiger partial charge is 0.343 e. The third-order valence-electron chi connectivity index (χ3n) is 4.78. The van der Waals surface area contributed by atoms with Gasteiger partial charge in [0.25, 0.3) is 5.91 Å². The topological polar surface area (TPSA) is 116 Å². The Labute approximate surface area is 198 Å². The molecule has 1 N–H and O–H groups in total. The first-order chi connectivity index (χ1) is 16.4. The molecule has 0 aromatic heterocycles. The number of ether oxygens (including phenoxy) is 5. The molecule has 0 saturated carbocycles. The Balaban J connectivity index is 2.29. The van der Waals surface area contributed by atoms with E-state index in [1.165, 1.54) is 52.7 Å². The van der Waals surface area contributed by atoms with Gasteiger partial charge in [-0.25, -0.2) is 4.79 Å². The molecule has 0 unspecified atom stereocenters. The van der Waals surface area contributed by atoms with Gasteiger partial charge in [0.2, 0.25) is 5.75 Å². The molecule has 0 aliphatic heterocycles. The van der Waals surface area contributed by atoms with E-state index in [9.17, 15) is 14.9 Å². The van der Waals surface area contributed by atoms with E-state index in [1.807, 2.05) is 13.0 Å². The van der Waals surface area contributed by atoms with E-state index in [-0.39, 0.29) is 22.6 Å². The van der Waals surface area contributed by atoms with Crippen LogP contribution in [0, 0.1) is 11.3 Å². The van der Waals surface area contributed by atoms with Crippen molar-refractivity contribution in [2.45, 2.75) is 19.8 Å². The first-order valence-electron chi connectivity index (χ1n) is 10.5. The van der Waals surface area contributed by atoms with Crippen molar-refractivity contribution in [1.29, 1.82) is 5.26 Å². The monoisotopic (exact) mass is 468 g/mol. The zero-order chi connectivity index (χ0) is 25.1. The lowest BCUT2D eigenvalue weighted by Crippen LogP contribution is -2.25. The second-order valence-corrected chi connectivity index (χ2v) is 6.99. The van der Waals surface area contributed by atoms with Crippen LogP contribution in [0.5, 0.6) is 28.7 Å². The van der Waals surface area contributed by atoms with E-state index in [1.54, 1.807) is 12.1 Å². The van der Waals surface area contributed by atoms with Gasteiger partial charge in [0, 0.05) is 6.54 Å². The molecular weight excluding hydrogens is 440 g/mol. The lowest BCUT2D eigenvalue weighted by molar-refractivity contribution is -0.117. The van der Waals surface area contributed by atoms with Crippen LogP contribution in [0.1, 0.15) is 35.7 Å². The maximum atomic E-state index is 12.8. The van der Waals surface area contributed by atoms with Crippen molar-refractivity contribution in [3.8, 4) is 34.8 Å². The fourth-order valence-electron chi connectivity index (χ4n) is 3.01. The van der Waals surface area contributed by atoms with E-state index in [2.05, 4.69) is 5.32 Å². The van der Waals surface area contributed by atoms with Gasteiger partial charge in [0.1, 0.15) is 11.6 Å². The number of nitriles is 1. The van der Waals surface area contributed by atoms with Crippen LogP contribution in [-0.4, -0.2) is 46.9 Å². The summed E-state index contributed by atoms with van der Waals surface area (Å²) in [6.07, 6.45) is 3.19. The van der Waals surface area contributed by atoms with Gasteiger partial charge in [0.15, 0.2) is 23.0 Å². The lowest BCUT2D eigenvalue weighted by atomic mass is 10.1. The average Bonchev–Trinajstić information content (AvgIpc) is 2.86. The van der Waals surface area contributed by atoms with Gasteiger partial charge in [-0.05, 0) is 42.3 Å². The van der Waals surface area contributed by atoms with Crippen molar-refractivity contribution >= 4 is 18.0 Å². The number of methoxy groups -OCH3 is 4. The second-order valence-electron chi connectivity index (χ2n) is 6.99. The maximum absolute atomic E-state index is 12.8. The van der Waals surface area contributed by atoms with Gasteiger partial charge in [-0.15, -0.1) is 0 Å². The fourth-order valence-corrected chi connectivity index (χ4v) is 3.01. The third kappa shape index (κ3) is 6.42. The Kier molecular flexibility index (Phi) is 9.77. The molecule has 0 spiro atoms. The maximum Gasteiger partial charge on any atom is 0.343 e. The van der Waals surface area contributed by atoms with Crippen LogP contribution in [0.2, 0.25) is 0 Å². The molecule has 9 nitrogen and oxygen atoms in total. The summed E-state index contributed by atoms with van der Waals surface area (Å²) in [5, 5.41) is 12.1. The molecule has 0 aliphatic rings. The number of carbonyl (C=O) groups excluding carboxylic acids is 2. The van der Waals surface area contributed by atoms with E-state index in [0.29, 0.717) is 29.4 Å². The van der Waals surface area contributed by atoms with E-state index >= 15 is 0 Å². The molecule has 180 valence electrons. The summed E-state index contributed by atoms with van der Waals surface area (Å²) in [6, 6.07) is 9.54. The quantitative estimate of drug-likeness (QED) is 0.174. The van der Waals surface area contributed by atoms with Crippen LogP contribution in [0.3, 0.4) is 0 Å². The standard InChI is InChI=1S/C25H28N2O7/c1-6-7-10-27-24(28)18(15-26)11-16-8-9-19(20(12-16)30-2)34-25(29)17-13-21(31-3)23(33-5)22(14-17)32-4/h8-9,11-14H,6-7,10H2,1-5H3,(H,27,28)/b18-11+. The number of carbonyl (C=O) groups is 2. The van der Waals surface area contributed by atoms with Crippen molar-refractivity contribution < 1.29 is 33.3 Å². The van der Waals surface area contributed by atoms with Gasteiger partial charge >= 0.3 is 5.97 Å². The van der Waals surface area contributed by atoms with Gasteiger partial charge in [-0.2, -0.15) is 5.26 Å². The molecule has 2 aromatic carbocycles. The van der Waals surface area contributed by atoms with E-state index < -0.39 is 11.9 Å². The molecule has 34 heavy (non-hydrogen) atoms. The summed E-state index contributed by atoms with van der Waals surface area (Å²) in [7, 11) is 5.77. The number of benzene rings is 2. The van der Waals surface area contributed by atoms with Crippen molar-refractivity contribution in [1.82, 2.24) is 5.32 Å². The minimum atomic E-state index is -0.672. The largest absolute Gasteiger partial charge is 0.493 e. The molecule has 1 amide bonds. The van der Waals surface area contributed by atoms with Crippen LogP contribution < -0.4 is 29.0 Å². The number of hydrogen-bond acceptors (Lipinski definition) is 8. The number of nitrogens with zero attached hydrogens (tertiary/aromatic N) is 1. The highest BCUT2D eigenvalue weighted by atomic mass is 16.6. The second kappa shape index (κ2) is 12.7. The zero-order valence-electron chi connectivity index (χ0n) is 19.9. The SMILES string of the molecule is CCCCNC(=O)/C(C#N)=C/c1ccc(OC(=O)c2cc(OC)c(OC)c(OC)c2)c(OC)c1. The highest BCUT2D eigenvalue weighted by molar-refractivity contribution is 6.01. The summed E-state index contributed by atoms with van der Waals surface area (Å²) in [5.74, 6) is 0.247. The third-order valence-corrected chi connectivity index (χ3v) is 4.78. The first-order valence-corrected chi connectivity index (χ1v) is 10.5. The van der Waals surface area contributed by atoms with Crippen LogP contribution in [0.15, 0.2) is 35.9 Å². The predicted octanol–water partition coefficient (Wildman–Crippen LogP) is 3.76. The van der Waals surface area contributed by atoms with Crippen molar-refractivity contribution in [2.24, 2.45) is 0 Å². The molecule has 0 saturated heterocycles. The number of hydrogen-bond donors (Lipinski definition) is 1. The molecule has 0 bridgehead atoms. The predicted molar refractivity (Wildman–Crippen MR) is 126 cm³/mol. The van der Waals surface area contributed by atoms with Crippen LogP contribution in [0.4, 0.5) is 0 Å². The van der Waals surface area contributed by atoms with Gasteiger partial charge < -0.3 is 29.0 Å². The van der Waals surface area contributed by atoms with Gasteiger partial charge in [-0.3, -0.25) is 4.79 Å². The molecule has 2 aromatic rings. The normalized spacial score (nSPS) is 10.6.